The number of carbonyl (C=O) groups excluding carboxylic acids is 2. The van der Waals surface area contributed by atoms with Gasteiger partial charge in [0.15, 0.2) is 0 Å². The number of hydrogen-bond donors (Lipinski definition) is 1. The summed E-state index contributed by atoms with van der Waals surface area (Å²) in [5, 5.41) is 3.01. The normalized spacial score (nSPS) is 22.6. The Morgan fingerprint density at radius 3 is 2.65 bits per heavy atom. The molecule has 0 spiro atoms. The SMILES string of the molecule is COC(=O)[C@@H]1CCN(C(=O)N[C@@H](C)c2cc(C)oc2C)C[C@@H]1C. The van der Waals surface area contributed by atoms with Gasteiger partial charge in [0.05, 0.1) is 19.1 Å². The maximum atomic E-state index is 12.5. The lowest BCUT2D eigenvalue weighted by molar-refractivity contribution is -0.148. The van der Waals surface area contributed by atoms with Crippen molar-refractivity contribution in [3.8, 4) is 0 Å². The van der Waals surface area contributed by atoms with E-state index in [-0.39, 0.29) is 29.9 Å². The van der Waals surface area contributed by atoms with Crippen molar-refractivity contribution in [2.75, 3.05) is 20.2 Å². The number of urea groups is 1. The molecule has 1 aromatic heterocycles. The second-order valence-electron chi connectivity index (χ2n) is 6.38. The van der Waals surface area contributed by atoms with Crippen LogP contribution in [-0.4, -0.2) is 37.1 Å². The van der Waals surface area contributed by atoms with Gasteiger partial charge in [0.1, 0.15) is 11.5 Å². The lowest BCUT2D eigenvalue weighted by Crippen LogP contribution is -2.49. The number of carbonyl (C=O) groups is 2. The zero-order valence-electron chi connectivity index (χ0n) is 14.5. The molecule has 1 N–H and O–H groups in total. The molecule has 2 amide bonds. The van der Waals surface area contributed by atoms with Gasteiger partial charge in [0.2, 0.25) is 0 Å². The van der Waals surface area contributed by atoms with Gasteiger partial charge in [0, 0.05) is 18.7 Å². The van der Waals surface area contributed by atoms with Crippen molar-refractivity contribution in [1.82, 2.24) is 10.2 Å². The number of aryl methyl sites for hydroxylation is 2. The molecule has 3 atom stereocenters. The first-order valence-corrected chi connectivity index (χ1v) is 8.03. The Hall–Kier alpha value is -1.98. The molecule has 2 rings (SSSR count). The molecule has 0 unspecified atom stereocenters. The molecule has 6 heteroatoms. The number of esters is 1. The molecule has 23 heavy (non-hydrogen) atoms. The highest BCUT2D eigenvalue weighted by Crippen LogP contribution is 2.25. The molecule has 6 nitrogen and oxygen atoms in total. The van der Waals surface area contributed by atoms with Gasteiger partial charge in [-0.25, -0.2) is 4.79 Å². The summed E-state index contributed by atoms with van der Waals surface area (Å²) in [5.41, 5.74) is 0.994. The first-order valence-electron chi connectivity index (χ1n) is 8.03. The average molecular weight is 322 g/mol. The van der Waals surface area contributed by atoms with Gasteiger partial charge in [0.25, 0.3) is 0 Å². The van der Waals surface area contributed by atoms with Gasteiger partial charge in [-0.05, 0) is 39.2 Å². The maximum Gasteiger partial charge on any atom is 0.317 e. The first-order chi connectivity index (χ1) is 10.8. The Bertz CT molecular complexity index is 581. The predicted molar refractivity (Wildman–Crippen MR) is 86.0 cm³/mol. The van der Waals surface area contributed by atoms with Crippen molar-refractivity contribution in [1.29, 1.82) is 0 Å². The van der Waals surface area contributed by atoms with Crippen LogP contribution in [0.3, 0.4) is 0 Å². The van der Waals surface area contributed by atoms with E-state index in [1.807, 2.05) is 33.8 Å². The van der Waals surface area contributed by atoms with E-state index in [1.54, 1.807) is 4.90 Å². The van der Waals surface area contributed by atoms with Crippen molar-refractivity contribution in [2.24, 2.45) is 11.8 Å². The summed E-state index contributed by atoms with van der Waals surface area (Å²) >= 11 is 0. The number of ether oxygens (including phenoxy) is 1. The highest BCUT2D eigenvalue weighted by atomic mass is 16.5. The molecule has 1 aromatic rings. The van der Waals surface area contributed by atoms with E-state index in [4.69, 9.17) is 9.15 Å². The van der Waals surface area contributed by atoms with Crippen LogP contribution in [-0.2, 0) is 9.53 Å². The Labute approximate surface area is 137 Å². The summed E-state index contributed by atoms with van der Waals surface area (Å²) < 4.78 is 10.3. The lowest BCUT2D eigenvalue weighted by Gasteiger charge is -2.36. The summed E-state index contributed by atoms with van der Waals surface area (Å²) in [6, 6.07) is 1.73. The number of likely N-dealkylation sites (tertiary alicyclic amines) is 1. The number of amides is 2. The lowest BCUT2D eigenvalue weighted by atomic mass is 9.87. The smallest absolute Gasteiger partial charge is 0.317 e. The number of piperidine rings is 1. The van der Waals surface area contributed by atoms with Gasteiger partial charge in [-0.2, -0.15) is 0 Å². The van der Waals surface area contributed by atoms with Crippen molar-refractivity contribution in [3.63, 3.8) is 0 Å². The molecule has 128 valence electrons. The van der Waals surface area contributed by atoms with E-state index in [0.717, 1.165) is 17.1 Å². The molecule has 1 aliphatic heterocycles. The van der Waals surface area contributed by atoms with Gasteiger partial charge < -0.3 is 19.4 Å². The van der Waals surface area contributed by atoms with Gasteiger partial charge in [-0.3, -0.25) is 4.79 Å². The quantitative estimate of drug-likeness (QED) is 0.869. The third kappa shape index (κ3) is 3.86. The second-order valence-corrected chi connectivity index (χ2v) is 6.38. The Morgan fingerprint density at radius 1 is 1.43 bits per heavy atom. The molecule has 1 aliphatic rings. The number of nitrogens with zero attached hydrogens (tertiary/aromatic N) is 1. The van der Waals surface area contributed by atoms with Crippen LogP contribution in [0.15, 0.2) is 10.5 Å². The molecule has 1 saturated heterocycles. The average Bonchev–Trinajstić information content (AvgIpc) is 2.85. The Kier molecular flexibility index (Phi) is 5.34. The topological polar surface area (TPSA) is 71.8 Å². The fourth-order valence-corrected chi connectivity index (χ4v) is 3.27. The van der Waals surface area contributed by atoms with E-state index < -0.39 is 0 Å². The van der Waals surface area contributed by atoms with E-state index >= 15 is 0 Å². The van der Waals surface area contributed by atoms with Crippen LogP contribution < -0.4 is 5.32 Å². The number of furan rings is 1. The van der Waals surface area contributed by atoms with E-state index in [2.05, 4.69) is 5.32 Å². The predicted octanol–water partition coefficient (Wildman–Crippen LogP) is 2.80. The maximum absolute atomic E-state index is 12.5. The zero-order valence-corrected chi connectivity index (χ0v) is 14.5. The summed E-state index contributed by atoms with van der Waals surface area (Å²) in [6.45, 7) is 8.83. The molecule has 0 saturated carbocycles. The van der Waals surface area contributed by atoms with Crippen LogP contribution in [0, 0.1) is 25.7 Å². The monoisotopic (exact) mass is 322 g/mol. The molecule has 0 bridgehead atoms. The summed E-state index contributed by atoms with van der Waals surface area (Å²) in [5.74, 6) is 1.45. The molecular weight excluding hydrogens is 296 g/mol. The molecule has 1 fully saturated rings. The number of rotatable bonds is 3. The largest absolute Gasteiger partial charge is 0.469 e. The number of hydrogen-bond acceptors (Lipinski definition) is 4. The molecule has 2 heterocycles. The minimum Gasteiger partial charge on any atom is -0.469 e. The molecule has 0 aromatic carbocycles. The molecule has 0 radical (unpaired) electrons. The Balaban J connectivity index is 1.94. The van der Waals surface area contributed by atoms with Gasteiger partial charge in [-0.1, -0.05) is 6.92 Å². The summed E-state index contributed by atoms with van der Waals surface area (Å²) in [4.78, 5) is 25.9. The van der Waals surface area contributed by atoms with E-state index in [9.17, 15) is 9.59 Å². The molecular formula is C17H26N2O4. The van der Waals surface area contributed by atoms with Crippen molar-refractivity contribution < 1.29 is 18.7 Å². The van der Waals surface area contributed by atoms with Crippen molar-refractivity contribution in [3.05, 3.63) is 23.2 Å². The van der Waals surface area contributed by atoms with Crippen LogP contribution in [0.5, 0.6) is 0 Å². The van der Waals surface area contributed by atoms with Crippen molar-refractivity contribution >= 4 is 12.0 Å². The minimum absolute atomic E-state index is 0.0927. The minimum atomic E-state index is -0.185. The number of methoxy groups -OCH3 is 1. The fraction of sp³-hybridized carbons (Fsp3) is 0.647. The third-order valence-electron chi connectivity index (χ3n) is 4.58. The fourth-order valence-electron chi connectivity index (χ4n) is 3.27. The second kappa shape index (κ2) is 7.06. The first kappa shape index (κ1) is 17.4. The zero-order chi connectivity index (χ0) is 17.1. The van der Waals surface area contributed by atoms with Crippen molar-refractivity contribution in [2.45, 2.75) is 40.2 Å². The van der Waals surface area contributed by atoms with Crippen LogP contribution in [0.4, 0.5) is 4.79 Å². The summed E-state index contributed by atoms with van der Waals surface area (Å²) in [7, 11) is 1.41. The van der Waals surface area contributed by atoms with Gasteiger partial charge in [-0.15, -0.1) is 0 Å². The number of nitrogens with one attached hydrogen (secondary N) is 1. The van der Waals surface area contributed by atoms with E-state index in [1.165, 1.54) is 7.11 Å². The highest BCUT2D eigenvalue weighted by Gasteiger charge is 2.34. The van der Waals surface area contributed by atoms with Crippen LogP contribution >= 0.6 is 0 Å². The van der Waals surface area contributed by atoms with Gasteiger partial charge >= 0.3 is 12.0 Å². The molecule has 0 aliphatic carbocycles. The highest BCUT2D eigenvalue weighted by molar-refractivity contribution is 5.76. The Morgan fingerprint density at radius 2 is 2.13 bits per heavy atom. The standard InChI is InChI=1S/C17H26N2O4/c1-10-9-19(7-6-14(10)16(20)22-5)17(21)18-12(3)15-8-11(2)23-13(15)4/h8,10,12,14H,6-7,9H2,1-5H3,(H,18,21)/t10-,12-,14+/m0/s1. The van der Waals surface area contributed by atoms with Crippen LogP contribution in [0.25, 0.3) is 0 Å². The van der Waals surface area contributed by atoms with E-state index in [0.29, 0.717) is 19.5 Å². The van der Waals surface area contributed by atoms with Crippen LogP contribution in [0.2, 0.25) is 0 Å². The summed E-state index contributed by atoms with van der Waals surface area (Å²) in [6.07, 6.45) is 0.638. The van der Waals surface area contributed by atoms with Crippen LogP contribution in [0.1, 0.15) is 43.4 Å². The third-order valence-corrected chi connectivity index (χ3v) is 4.58.